The van der Waals surface area contributed by atoms with Gasteiger partial charge in [-0.2, -0.15) is 0 Å². The van der Waals surface area contributed by atoms with E-state index in [1.165, 1.54) is 11.1 Å². The smallest absolute Gasteiger partial charge is 0.251 e. The summed E-state index contributed by atoms with van der Waals surface area (Å²) in [4.78, 5) is 12.6. The zero-order chi connectivity index (χ0) is 16.2. The van der Waals surface area contributed by atoms with Crippen LogP contribution in [-0.2, 0) is 11.2 Å². The van der Waals surface area contributed by atoms with Crippen LogP contribution in [0.15, 0.2) is 52.5 Å². The SMILES string of the molecule is Cc1ccc(NC(=O)/C2=C/c3cc(Br)ccc3CCCC2)cc1. The Balaban J connectivity index is 1.86. The zero-order valence-corrected chi connectivity index (χ0v) is 14.8. The first-order valence-corrected chi connectivity index (χ1v) is 8.78. The van der Waals surface area contributed by atoms with Gasteiger partial charge in [0.2, 0.25) is 0 Å². The highest BCUT2D eigenvalue weighted by Crippen LogP contribution is 2.26. The van der Waals surface area contributed by atoms with Crippen molar-refractivity contribution in [3.05, 3.63) is 69.2 Å². The van der Waals surface area contributed by atoms with Gasteiger partial charge in [0.25, 0.3) is 5.91 Å². The molecule has 1 N–H and O–H groups in total. The van der Waals surface area contributed by atoms with E-state index in [-0.39, 0.29) is 5.91 Å². The van der Waals surface area contributed by atoms with Gasteiger partial charge < -0.3 is 5.32 Å². The largest absolute Gasteiger partial charge is 0.322 e. The molecule has 0 heterocycles. The van der Waals surface area contributed by atoms with E-state index in [0.717, 1.165) is 47.0 Å². The third kappa shape index (κ3) is 4.11. The van der Waals surface area contributed by atoms with Gasteiger partial charge in [-0.25, -0.2) is 0 Å². The molecular formula is C20H20BrNO. The lowest BCUT2D eigenvalue weighted by molar-refractivity contribution is -0.112. The maximum atomic E-state index is 12.6. The number of hydrogen-bond donors (Lipinski definition) is 1. The summed E-state index contributed by atoms with van der Waals surface area (Å²) < 4.78 is 1.05. The third-order valence-electron chi connectivity index (χ3n) is 4.18. The van der Waals surface area contributed by atoms with Crippen molar-refractivity contribution < 1.29 is 4.79 Å². The average molecular weight is 370 g/mol. The fourth-order valence-corrected chi connectivity index (χ4v) is 3.22. The lowest BCUT2D eigenvalue weighted by Gasteiger charge is -2.15. The number of carbonyl (C=O) groups is 1. The van der Waals surface area contributed by atoms with Crippen LogP contribution in [0.25, 0.3) is 6.08 Å². The Morgan fingerprint density at radius 3 is 2.57 bits per heavy atom. The van der Waals surface area contributed by atoms with Crippen LogP contribution in [0, 0.1) is 6.92 Å². The molecule has 0 saturated carbocycles. The first-order valence-electron chi connectivity index (χ1n) is 7.99. The fraction of sp³-hybridized carbons (Fsp3) is 0.250. The Kier molecular flexibility index (Phi) is 4.97. The van der Waals surface area contributed by atoms with Crippen LogP contribution in [0.2, 0.25) is 0 Å². The van der Waals surface area contributed by atoms with Gasteiger partial charge in [-0.15, -0.1) is 0 Å². The van der Waals surface area contributed by atoms with E-state index in [2.05, 4.69) is 39.4 Å². The summed E-state index contributed by atoms with van der Waals surface area (Å²) in [6.07, 6.45) is 6.10. The van der Waals surface area contributed by atoms with E-state index in [0.29, 0.717) is 0 Å². The zero-order valence-electron chi connectivity index (χ0n) is 13.2. The molecule has 118 valence electrons. The Bertz CT molecular complexity index is 747. The maximum absolute atomic E-state index is 12.6. The van der Waals surface area contributed by atoms with Crippen LogP contribution in [0.3, 0.4) is 0 Å². The first kappa shape index (κ1) is 16.0. The van der Waals surface area contributed by atoms with Crippen LogP contribution < -0.4 is 5.32 Å². The molecule has 1 aliphatic rings. The highest BCUT2D eigenvalue weighted by atomic mass is 79.9. The summed E-state index contributed by atoms with van der Waals surface area (Å²) in [6, 6.07) is 14.2. The standard InChI is InChI=1S/C20H20BrNO/c1-14-6-10-19(11-7-14)22-20(23)16-5-3-2-4-15-8-9-18(21)13-17(15)12-16/h6-13H,2-5H2,1H3,(H,22,23)/b16-12+. The number of aryl methyl sites for hydroxylation is 2. The Morgan fingerprint density at radius 2 is 1.78 bits per heavy atom. The quantitative estimate of drug-likeness (QED) is 0.743. The predicted octanol–water partition coefficient (Wildman–Crippen LogP) is 5.51. The van der Waals surface area contributed by atoms with Gasteiger partial charge in [-0.05, 0) is 74.1 Å². The number of benzene rings is 2. The molecule has 0 atom stereocenters. The van der Waals surface area contributed by atoms with Crippen LogP contribution in [0.5, 0.6) is 0 Å². The van der Waals surface area contributed by atoms with Crippen LogP contribution in [0.4, 0.5) is 5.69 Å². The van der Waals surface area contributed by atoms with E-state index in [9.17, 15) is 4.79 Å². The van der Waals surface area contributed by atoms with Crippen molar-refractivity contribution >= 4 is 33.6 Å². The second-order valence-electron chi connectivity index (χ2n) is 6.04. The second kappa shape index (κ2) is 7.14. The average Bonchev–Trinajstić information content (AvgIpc) is 2.51. The molecule has 0 spiro atoms. The minimum atomic E-state index is 0.00155. The van der Waals surface area contributed by atoms with Gasteiger partial charge >= 0.3 is 0 Å². The van der Waals surface area contributed by atoms with Crippen molar-refractivity contribution in [2.75, 3.05) is 5.32 Å². The minimum absolute atomic E-state index is 0.00155. The third-order valence-corrected chi connectivity index (χ3v) is 4.67. The van der Waals surface area contributed by atoms with Crippen molar-refractivity contribution in [1.82, 2.24) is 0 Å². The Labute approximate surface area is 145 Å². The number of fused-ring (bicyclic) bond motifs is 1. The summed E-state index contributed by atoms with van der Waals surface area (Å²) in [7, 11) is 0. The van der Waals surface area contributed by atoms with Crippen molar-refractivity contribution in [3.63, 3.8) is 0 Å². The van der Waals surface area contributed by atoms with Crippen LogP contribution >= 0.6 is 15.9 Å². The van der Waals surface area contributed by atoms with Gasteiger partial charge in [0.1, 0.15) is 0 Å². The number of anilines is 1. The summed E-state index contributed by atoms with van der Waals surface area (Å²) in [5, 5.41) is 3.01. The number of nitrogens with one attached hydrogen (secondary N) is 1. The molecule has 0 unspecified atom stereocenters. The van der Waals surface area contributed by atoms with Crippen molar-refractivity contribution in [2.45, 2.75) is 32.6 Å². The number of hydrogen-bond acceptors (Lipinski definition) is 1. The summed E-state index contributed by atoms with van der Waals surface area (Å²) in [6.45, 7) is 2.04. The number of amides is 1. The summed E-state index contributed by atoms with van der Waals surface area (Å²) >= 11 is 3.52. The monoisotopic (exact) mass is 369 g/mol. The van der Waals surface area contributed by atoms with Gasteiger partial charge in [-0.1, -0.05) is 39.7 Å². The predicted molar refractivity (Wildman–Crippen MR) is 99.5 cm³/mol. The number of rotatable bonds is 2. The molecular weight excluding hydrogens is 350 g/mol. The van der Waals surface area contributed by atoms with E-state index < -0.39 is 0 Å². The topological polar surface area (TPSA) is 29.1 Å². The molecule has 2 aromatic rings. The van der Waals surface area contributed by atoms with Crippen LogP contribution in [0.1, 0.15) is 36.0 Å². The molecule has 0 bridgehead atoms. The van der Waals surface area contributed by atoms with E-state index in [1.807, 2.05) is 37.3 Å². The lowest BCUT2D eigenvalue weighted by atomic mass is 9.93. The molecule has 2 aromatic carbocycles. The number of carbonyl (C=O) groups excluding carboxylic acids is 1. The van der Waals surface area contributed by atoms with Crippen LogP contribution in [-0.4, -0.2) is 5.91 Å². The van der Waals surface area contributed by atoms with Crippen molar-refractivity contribution in [2.24, 2.45) is 0 Å². The van der Waals surface area contributed by atoms with Crippen molar-refractivity contribution in [1.29, 1.82) is 0 Å². The normalized spacial score (nSPS) is 16.5. The minimum Gasteiger partial charge on any atom is -0.322 e. The van der Waals surface area contributed by atoms with E-state index >= 15 is 0 Å². The summed E-state index contributed by atoms with van der Waals surface area (Å²) in [5.74, 6) is 0.00155. The molecule has 0 aromatic heterocycles. The number of halogens is 1. The molecule has 1 amide bonds. The van der Waals surface area contributed by atoms with Crippen molar-refractivity contribution in [3.8, 4) is 0 Å². The molecule has 0 aliphatic heterocycles. The molecule has 2 nitrogen and oxygen atoms in total. The lowest BCUT2D eigenvalue weighted by Crippen LogP contribution is -2.15. The fourth-order valence-electron chi connectivity index (χ4n) is 2.85. The van der Waals surface area contributed by atoms with E-state index in [4.69, 9.17) is 0 Å². The first-order chi connectivity index (χ1) is 11.1. The highest BCUT2D eigenvalue weighted by Gasteiger charge is 2.14. The molecule has 0 radical (unpaired) electrons. The Hall–Kier alpha value is -1.87. The Morgan fingerprint density at radius 1 is 1.04 bits per heavy atom. The molecule has 23 heavy (non-hydrogen) atoms. The highest BCUT2D eigenvalue weighted by molar-refractivity contribution is 9.10. The molecule has 3 heteroatoms. The molecule has 0 fully saturated rings. The second-order valence-corrected chi connectivity index (χ2v) is 6.96. The van der Waals surface area contributed by atoms with Gasteiger partial charge in [0.15, 0.2) is 0 Å². The molecule has 0 saturated heterocycles. The van der Waals surface area contributed by atoms with Gasteiger partial charge in [-0.3, -0.25) is 4.79 Å². The molecule has 3 rings (SSSR count). The van der Waals surface area contributed by atoms with Gasteiger partial charge in [0.05, 0.1) is 0 Å². The van der Waals surface area contributed by atoms with E-state index in [1.54, 1.807) is 0 Å². The maximum Gasteiger partial charge on any atom is 0.251 e. The summed E-state index contributed by atoms with van der Waals surface area (Å²) in [5.41, 5.74) is 5.34. The van der Waals surface area contributed by atoms with Gasteiger partial charge in [0, 0.05) is 15.7 Å². The molecule has 1 aliphatic carbocycles.